The second-order valence-corrected chi connectivity index (χ2v) is 3.84. The quantitative estimate of drug-likeness (QED) is 0.492. The van der Waals surface area contributed by atoms with Crippen LogP contribution >= 0.6 is 0 Å². The first-order chi connectivity index (χ1) is 7.61. The third-order valence-corrected chi connectivity index (χ3v) is 2.24. The molecule has 0 radical (unpaired) electrons. The highest BCUT2D eigenvalue weighted by molar-refractivity contribution is 5.87. The van der Waals surface area contributed by atoms with Crippen LogP contribution in [0.1, 0.15) is 39.5 Å². The molecule has 0 aliphatic carbocycles. The molecule has 0 aromatic heterocycles. The normalized spacial score (nSPS) is 12.1. The number of amides is 2. The third-order valence-electron chi connectivity index (χ3n) is 2.24. The van der Waals surface area contributed by atoms with E-state index in [0.717, 1.165) is 25.8 Å². The van der Waals surface area contributed by atoms with Crippen molar-refractivity contribution in [3.05, 3.63) is 0 Å². The van der Waals surface area contributed by atoms with E-state index in [-0.39, 0.29) is 12.5 Å². The number of hydrogen-bond acceptors (Lipinski definition) is 3. The molecule has 0 aliphatic heterocycles. The summed E-state index contributed by atoms with van der Waals surface area (Å²) in [5.74, 6) is -0.634. The lowest BCUT2D eigenvalue weighted by Gasteiger charge is -2.15. The molecule has 16 heavy (non-hydrogen) atoms. The zero-order chi connectivity index (χ0) is 12.4. The highest BCUT2D eigenvalue weighted by atomic mass is 16.2. The van der Waals surface area contributed by atoms with E-state index in [1.165, 1.54) is 0 Å². The van der Waals surface area contributed by atoms with Gasteiger partial charge in [0.25, 0.3) is 0 Å². The van der Waals surface area contributed by atoms with Gasteiger partial charge in [-0.3, -0.25) is 9.59 Å². The van der Waals surface area contributed by atoms with Gasteiger partial charge in [-0.25, -0.2) is 0 Å². The van der Waals surface area contributed by atoms with Gasteiger partial charge in [0.15, 0.2) is 0 Å². The highest BCUT2D eigenvalue weighted by Crippen LogP contribution is 1.99. The number of nitrogens with two attached hydrogens (primary N) is 1. The first-order valence-electron chi connectivity index (χ1n) is 5.91. The highest BCUT2D eigenvalue weighted by Gasteiger charge is 2.16. The third kappa shape index (κ3) is 7.23. The molecule has 0 bridgehead atoms. The van der Waals surface area contributed by atoms with Crippen LogP contribution in [0.4, 0.5) is 0 Å². The Labute approximate surface area is 97.2 Å². The van der Waals surface area contributed by atoms with Crippen LogP contribution in [0.3, 0.4) is 0 Å². The first kappa shape index (κ1) is 14.9. The fourth-order valence-corrected chi connectivity index (χ4v) is 1.32. The molecule has 1 atom stereocenters. The van der Waals surface area contributed by atoms with Crippen molar-refractivity contribution in [3.8, 4) is 0 Å². The van der Waals surface area contributed by atoms with Crippen molar-refractivity contribution in [2.75, 3.05) is 13.1 Å². The lowest BCUT2D eigenvalue weighted by Crippen LogP contribution is -2.47. The zero-order valence-corrected chi connectivity index (χ0v) is 10.2. The Bertz CT molecular complexity index is 219. The van der Waals surface area contributed by atoms with E-state index >= 15 is 0 Å². The summed E-state index contributed by atoms with van der Waals surface area (Å²) in [6.45, 7) is 5.09. The van der Waals surface area contributed by atoms with Crippen molar-refractivity contribution >= 4 is 11.8 Å². The maximum absolute atomic E-state index is 11.4. The van der Waals surface area contributed by atoms with Gasteiger partial charge in [-0.2, -0.15) is 0 Å². The Morgan fingerprint density at radius 1 is 1.25 bits per heavy atom. The van der Waals surface area contributed by atoms with Gasteiger partial charge in [0.05, 0.1) is 6.54 Å². The van der Waals surface area contributed by atoms with Gasteiger partial charge in [-0.1, -0.05) is 26.7 Å². The van der Waals surface area contributed by atoms with E-state index in [2.05, 4.69) is 10.6 Å². The van der Waals surface area contributed by atoms with Crippen molar-refractivity contribution in [2.45, 2.75) is 45.6 Å². The van der Waals surface area contributed by atoms with Crippen molar-refractivity contribution in [3.63, 3.8) is 0 Å². The fourth-order valence-electron chi connectivity index (χ4n) is 1.32. The summed E-state index contributed by atoms with van der Waals surface area (Å²) in [6.07, 6.45) is 3.46. The first-order valence-corrected chi connectivity index (χ1v) is 5.91. The summed E-state index contributed by atoms with van der Waals surface area (Å²) in [6, 6.07) is -0.532. The molecule has 94 valence electrons. The van der Waals surface area contributed by atoms with E-state index in [4.69, 9.17) is 5.73 Å². The summed E-state index contributed by atoms with van der Waals surface area (Å²) >= 11 is 0. The molecule has 4 N–H and O–H groups in total. The Hall–Kier alpha value is -1.10. The number of primary amides is 1. The summed E-state index contributed by atoms with van der Waals surface area (Å²) in [4.78, 5) is 22.5. The van der Waals surface area contributed by atoms with E-state index in [1.807, 2.05) is 13.8 Å². The summed E-state index contributed by atoms with van der Waals surface area (Å²) in [5, 5.41) is 5.61. The molecule has 0 aromatic rings. The molecule has 0 aliphatic rings. The molecule has 0 fully saturated rings. The predicted molar refractivity (Wildman–Crippen MR) is 63.8 cm³/mol. The van der Waals surface area contributed by atoms with Crippen molar-refractivity contribution in [2.24, 2.45) is 5.73 Å². The topological polar surface area (TPSA) is 84.2 Å². The number of hydrogen-bond donors (Lipinski definition) is 3. The van der Waals surface area contributed by atoms with Crippen LogP contribution in [0.5, 0.6) is 0 Å². The molecule has 0 saturated carbocycles. The predicted octanol–water partition coefficient (Wildman–Crippen LogP) is 0.146. The molecule has 1 unspecified atom stereocenters. The minimum Gasteiger partial charge on any atom is -0.368 e. The molecule has 0 aromatic carbocycles. The second-order valence-electron chi connectivity index (χ2n) is 3.84. The van der Waals surface area contributed by atoms with Crippen molar-refractivity contribution in [1.82, 2.24) is 10.6 Å². The Morgan fingerprint density at radius 3 is 2.44 bits per heavy atom. The minimum absolute atomic E-state index is 0.173. The van der Waals surface area contributed by atoms with Crippen LogP contribution in [-0.4, -0.2) is 30.9 Å². The second kappa shape index (κ2) is 9.15. The largest absolute Gasteiger partial charge is 0.368 e. The molecule has 5 nitrogen and oxygen atoms in total. The number of nitrogens with one attached hydrogen (secondary N) is 2. The summed E-state index contributed by atoms with van der Waals surface area (Å²) in [7, 11) is 0. The van der Waals surface area contributed by atoms with E-state index in [1.54, 1.807) is 0 Å². The molecule has 0 rings (SSSR count). The molecule has 0 spiro atoms. The van der Waals surface area contributed by atoms with E-state index in [9.17, 15) is 9.59 Å². The van der Waals surface area contributed by atoms with Gasteiger partial charge in [-0.15, -0.1) is 0 Å². The fraction of sp³-hybridized carbons (Fsp3) is 0.818. The van der Waals surface area contributed by atoms with Gasteiger partial charge in [0.2, 0.25) is 11.8 Å². The monoisotopic (exact) mass is 229 g/mol. The SMILES string of the molecule is CCCCC(NC(=O)CNCCC)C(N)=O. The summed E-state index contributed by atoms with van der Waals surface area (Å²) in [5.41, 5.74) is 5.21. The summed E-state index contributed by atoms with van der Waals surface area (Å²) < 4.78 is 0. The number of rotatable bonds is 9. The molecule has 2 amide bonds. The van der Waals surface area contributed by atoms with Gasteiger partial charge in [0, 0.05) is 0 Å². The van der Waals surface area contributed by atoms with Gasteiger partial charge in [-0.05, 0) is 19.4 Å². The van der Waals surface area contributed by atoms with Gasteiger partial charge in [0.1, 0.15) is 6.04 Å². The number of carbonyl (C=O) groups is 2. The van der Waals surface area contributed by atoms with Crippen LogP contribution < -0.4 is 16.4 Å². The average Bonchev–Trinajstić information content (AvgIpc) is 2.24. The number of carbonyl (C=O) groups excluding carboxylic acids is 2. The zero-order valence-electron chi connectivity index (χ0n) is 10.2. The van der Waals surface area contributed by atoms with Crippen LogP contribution in [0.15, 0.2) is 0 Å². The average molecular weight is 229 g/mol. The molecule has 0 heterocycles. The van der Waals surface area contributed by atoms with Crippen LogP contribution in [-0.2, 0) is 9.59 Å². The van der Waals surface area contributed by atoms with Crippen LogP contribution in [0.25, 0.3) is 0 Å². The van der Waals surface area contributed by atoms with Gasteiger partial charge >= 0.3 is 0 Å². The molecular weight excluding hydrogens is 206 g/mol. The minimum atomic E-state index is -0.532. The standard InChI is InChI=1S/C11H23N3O2/c1-3-5-6-9(11(12)16)14-10(15)8-13-7-4-2/h9,13H,3-8H2,1-2H3,(H2,12,16)(H,14,15). The molecule has 0 saturated heterocycles. The maximum Gasteiger partial charge on any atom is 0.240 e. The van der Waals surface area contributed by atoms with Crippen molar-refractivity contribution < 1.29 is 9.59 Å². The molecule has 5 heteroatoms. The molecular formula is C11H23N3O2. The maximum atomic E-state index is 11.4. The van der Waals surface area contributed by atoms with Crippen LogP contribution in [0.2, 0.25) is 0 Å². The Morgan fingerprint density at radius 2 is 1.94 bits per heavy atom. The lowest BCUT2D eigenvalue weighted by molar-refractivity contribution is -0.127. The van der Waals surface area contributed by atoms with Gasteiger partial charge < -0.3 is 16.4 Å². The van der Waals surface area contributed by atoms with E-state index < -0.39 is 11.9 Å². The smallest absolute Gasteiger partial charge is 0.240 e. The number of unbranched alkanes of at least 4 members (excludes halogenated alkanes) is 1. The van der Waals surface area contributed by atoms with E-state index in [0.29, 0.717) is 6.42 Å². The Kier molecular flexibility index (Phi) is 8.52. The van der Waals surface area contributed by atoms with Crippen molar-refractivity contribution in [1.29, 1.82) is 0 Å². The Balaban J connectivity index is 3.88. The lowest BCUT2D eigenvalue weighted by atomic mass is 10.1. The van der Waals surface area contributed by atoms with Crippen LogP contribution in [0, 0.1) is 0 Å².